The van der Waals surface area contributed by atoms with E-state index in [1.807, 2.05) is 0 Å². The summed E-state index contributed by atoms with van der Waals surface area (Å²) in [5.74, 6) is -2.01. The highest BCUT2D eigenvalue weighted by molar-refractivity contribution is 7.99. The van der Waals surface area contributed by atoms with Gasteiger partial charge < -0.3 is 9.67 Å². The Morgan fingerprint density at radius 1 is 1.12 bits per heavy atom. The number of nitrogens with zero attached hydrogens (tertiary/aromatic N) is 1. The van der Waals surface area contributed by atoms with Gasteiger partial charge in [0.25, 0.3) is 0 Å². The second-order valence-corrected chi connectivity index (χ2v) is 12.9. The molecule has 3 aromatic rings. The molecule has 0 aliphatic carbocycles. The Morgan fingerprint density at radius 2 is 1.78 bits per heavy atom. The molecule has 1 atom stereocenters. The van der Waals surface area contributed by atoms with Crippen molar-refractivity contribution in [1.82, 2.24) is 4.57 Å². The number of hydrogen-bond donors (Lipinski definition) is 1. The van der Waals surface area contributed by atoms with Crippen LogP contribution in [-0.2, 0) is 31.0 Å². The van der Waals surface area contributed by atoms with Crippen molar-refractivity contribution < 1.29 is 31.1 Å². The summed E-state index contributed by atoms with van der Waals surface area (Å²) in [6.45, 7) is 0.448. The lowest BCUT2D eigenvalue weighted by Crippen LogP contribution is -2.04. The first-order chi connectivity index (χ1) is 14.9. The standard InChI is InChI=1S/C21H20FNO6S3/c1-31(26,27)15-5-3-14(4-6-15)30-21-19-16(10-13(22)11-17(19)32(2,28)29)23-8-7-12(20(21)23)9-18(24)25/h3-6,10-12H,7-9H2,1-2H3,(H,24,25). The van der Waals surface area contributed by atoms with Gasteiger partial charge in [-0.05, 0) is 42.8 Å². The van der Waals surface area contributed by atoms with Gasteiger partial charge in [0.05, 0.1) is 21.7 Å². The molecule has 7 nitrogen and oxygen atoms in total. The van der Waals surface area contributed by atoms with E-state index in [9.17, 15) is 31.1 Å². The summed E-state index contributed by atoms with van der Waals surface area (Å²) in [7, 11) is -7.16. The van der Waals surface area contributed by atoms with E-state index in [0.717, 1.165) is 18.6 Å². The third-order valence-electron chi connectivity index (χ3n) is 5.47. The molecule has 0 radical (unpaired) electrons. The first kappa shape index (κ1) is 22.8. The number of hydrogen-bond acceptors (Lipinski definition) is 6. The molecule has 2 aromatic carbocycles. The maximum atomic E-state index is 14.4. The Morgan fingerprint density at radius 3 is 2.34 bits per heavy atom. The van der Waals surface area contributed by atoms with Crippen molar-refractivity contribution >= 4 is 48.3 Å². The maximum absolute atomic E-state index is 14.4. The molecule has 1 aromatic heterocycles. The molecule has 170 valence electrons. The third-order valence-corrected chi connectivity index (χ3v) is 8.84. The maximum Gasteiger partial charge on any atom is 0.304 e. The van der Waals surface area contributed by atoms with E-state index < -0.39 is 31.5 Å². The van der Waals surface area contributed by atoms with Crippen molar-refractivity contribution in [1.29, 1.82) is 0 Å². The second-order valence-electron chi connectivity index (χ2n) is 7.87. The number of carboxylic acid groups (broad SMARTS) is 1. The SMILES string of the molecule is CS(=O)(=O)c1ccc(Sc2c3n(c4cc(F)cc(S(C)(=O)=O)c24)CCC3CC(=O)O)cc1. The van der Waals surface area contributed by atoms with Crippen molar-refractivity contribution in [2.45, 2.75) is 44.9 Å². The third kappa shape index (κ3) is 4.16. The quantitative estimate of drug-likeness (QED) is 0.553. The molecule has 0 spiro atoms. The summed E-state index contributed by atoms with van der Waals surface area (Å²) in [6, 6.07) is 8.40. The topological polar surface area (TPSA) is 111 Å². The van der Waals surface area contributed by atoms with E-state index in [1.54, 1.807) is 16.7 Å². The van der Waals surface area contributed by atoms with Crippen LogP contribution in [0.2, 0.25) is 0 Å². The molecule has 0 fully saturated rings. The van der Waals surface area contributed by atoms with E-state index in [-0.39, 0.29) is 22.1 Å². The van der Waals surface area contributed by atoms with Gasteiger partial charge in [0.2, 0.25) is 0 Å². The lowest BCUT2D eigenvalue weighted by atomic mass is 10.0. The lowest BCUT2D eigenvalue weighted by molar-refractivity contribution is -0.137. The summed E-state index contributed by atoms with van der Waals surface area (Å²) in [5.41, 5.74) is 1.07. The average molecular weight is 498 g/mol. The van der Waals surface area contributed by atoms with Crippen LogP contribution in [0.3, 0.4) is 0 Å². The summed E-state index contributed by atoms with van der Waals surface area (Å²) in [4.78, 5) is 12.6. The zero-order valence-electron chi connectivity index (χ0n) is 17.2. The number of carbonyl (C=O) groups is 1. The number of aliphatic carboxylic acids is 1. The number of benzene rings is 2. The largest absolute Gasteiger partial charge is 0.481 e. The van der Waals surface area contributed by atoms with Gasteiger partial charge in [-0.1, -0.05) is 11.8 Å². The predicted molar refractivity (Wildman–Crippen MR) is 118 cm³/mol. The van der Waals surface area contributed by atoms with Crippen LogP contribution in [0.25, 0.3) is 10.9 Å². The smallest absolute Gasteiger partial charge is 0.304 e. The van der Waals surface area contributed by atoms with Crippen LogP contribution in [0.4, 0.5) is 4.39 Å². The Labute approximate surface area is 189 Å². The molecule has 0 amide bonds. The minimum absolute atomic E-state index is 0.131. The monoisotopic (exact) mass is 497 g/mol. The summed E-state index contributed by atoms with van der Waals surface area (Å²) in [5, 5.41) is 9.72. The predicted octanol–water partition coefficient (Wildman–Crippen LogP) is 3.70. The molecule has 11 heteroatoms. The number of aromatic nitrogens is 1. The van der Waals surface area contributed by atoms with Gasteiger partial charge in [0, 0.05) is 45.8 Å². The van der Waals surface area contributed by atoms with Gasteiger partial charge in [-0.3, -0.25) is 4.79 Å². The zero-order valence-corrected chi connectivity index (χ0v) is 19.7. The van der Waals surface area contributed by atoms with Crippen LogP contribution < -0.4 is 0 Å². The highest BCUT2D eigenvalue weighted by Gasteiger charge is 2.34. The fourth-order valence-corrected chi connectivity index (χ4v) is 6.94. The van der Waals surface area contributed by atoms with Crippen molar-refractivity contribution in [2.24, 2.45) is 0 Å². The number of fused-ring (bicyclic) bond motifs is 3. The average Bonchev–Trinajstić information content (AvgIpc) is 3.19. The number of halogens is 1. The lowest BCUT2D eigenvalue weighted by Gasteiger charge is -2.11. The van der Waals surface area contributed by atoms with Gasteiger partial charge in [-0.2, -0.15) is 0 Å². The van der Waals surface area contributed by atoms with Crippen LogP contribution >= 0.6 is 11.8 Å². The second kappa shape index (κ2) is 7.89. The van der Waals surface area contributed by atoms with Crippen LogP contribution in [0.1, 0.15) is 24.5 Å². The van der Waals surface area contributed by atoms with Crippen LogP contribution in [-0.4, -0.2) is 45.0 Å². The number of aryl methyl sites for hydroxylation is 1. The molecule has 1 N–H and O–H groups in total. The Kier molecular flexibility index (Phi) is 5.62. The molecule has 32 heavy (non-hydrogen) atoms. The van der Waals surface area contributed by atoms with Gasteiger partial charge >= 0.3 is 5.97 Å². The van der Waals surface area contributed by atoms with Gasteiger partial charge in [0.1, 0.15) is 5.82 Å². The number of carboxylic acids is 1. The Bertz CT molecular complexity index is 1460. The normalized spacial score (nSPS) is 16.4. The fourth-order valence-electron chi connectivity index (χ4n) is 4.14. The van der Waals surface area contributed by atoms with Crippen LogP contribution in [0.15, 0.2) is 56.0 Å². The van der Waals surface area contributed by atoms with E-state index in [2.05, 4.69) is 0 Å². The molecule has 0 saturated heterocycles. The first-order valence-electron chi connectivity index (χ1n) is 9.61. The zero-order chi connectivity index (χ0) is 23.4. The van der Waals surface area contributed by atoms with Crippen LogP contribution in [0, 0.1) is 5.82 Å². The molecule has 0 bridgehead atoms. The van der Waals surface area contributed by atoms with Gasteiger partial charge in [0.15, 0.2) is 19.7 Å². The molecule has 0 saturated carbocycles. The molecular formula is C21H20FNO6S3. The molecular weight excluding hydrogens is 477 g/mol. The molecule has 1 aliphatic heterocycles. The van der Waals surface area contributed by atoms with Crippen molar-refractivity contribution in [3.05, 3.63) is 47.9 Å². The van der Waals surface area contributed by atoms with Gasteiger partial charge in [-0.15, -0.1) is 0 Å². The van der Waals surface area contributed by atoms with E-state index in [1.165, 1.54) is 30.0 Å². The van der Waals surface area contributed by atoms with E-state index >= 15 is 0 Å². The van der Waals surface area contributed by atoms with Gasteiger partial charge in [-0.25, -0.2) is 21.2 Å². The minimum atomic E-state index is -3.78. The first-order valence-corrected chi connectivity index (χ1v) is 14.2. The highest BCUT2D eigenvalue weighted by Crippen LogP contribution is 2.48. The molecule has 1 unspecified atom stereocenters. The van der Waals surface area contributed by atoms with Crippen LogP contribution in [0.5, 0.6) is 0 Å². The minimum Gasteiger partial charge on any atom is -0.481 e. The van der Waals surface area contributed by atoms with E-state index in [0.29, 0.717) is 39.4 Å². The molecule has 1 aliphatic rings. The molecule has 2 heterocycles. The Balaban J connectivity index is 1.96. The van der Waals surface area contributed by atoms with Crippen molar-refractivity contribution in [3.63, 3.8) is 0 Å². The highest BCUT2D eigenvalue weighted by atomic mass is 32.2. The fraction of sp³-hybridized carbons (Fsp3) is 0.286. The summed E-state index contributed by atoms with van der Waals surface area (Å²) < 4.78 is 64.7. The summed E-state index contributed by atoms with van der Waals surface area (Å²) in [6.07, 6.45) is 2.53. The molecule has 4 rings (SSSR count). The number of sulfone groups is 2. The summed E-state index contributed by atoms with van der Waals surface area (Å²) >= 11 is 1.22. The van der Waals surface area contributed by atoms with Crippen molar-refractivity contribution in [2.75, 3.05) is 12.5 Å². The Hall–Kier alpha value is -2.37. The van der Waals surface area contributed by atoms with E-state index in [4.69, 9.17) is 0 Å². The van der Waals surface area contributed by atoms with Crippen molar-refractivity contribution in [3.8, 4) is 0 Å². The number of rotatable bonds is 6.